The summed E-state index contributed by atoms with van der Waals surface area (Å²) in [7, 11) is 0. The lowest BCUT2D eigenvalue weighted by Gasteiger charge is -2.18. The summed E-state index contributed by atoms with van der Waals surface area (Å²) < 4.78 is 13.7. The number of amides is 2. The molecular weight excluding hydrogens is 279 g/mol. The van der Waals surface area contributed by atoms with E-state index in [1.807, 2.05) is 0 Å². The number of carboxylic acids is 1. The average Bonchev–Trinajstić information content (AvgIpc) is 2.36. The van der Waals surface area contributed by atoms with Crippen LogP contribution in [0.1, 0.15) is 31.1 Å². The maximum atomic E-state index is 13.7. The lowest BCUT2D eigenvalue weighted by atomic mass is 10.0. The summed E-state index contributed by atoms with van der Waals surface area (Å²) in [6.45, 7) is 4.54. The van der Waals surface area contributed by atoms with Crippen LogP contribution in [0.2, 0.25) is 0 Å². The molecule has 1 aromatic rings. The van der Waals surface area contributed by atoms with E-state index >= 15 is 0 Å². The van der Waals surface area contributed by atoms with Gasteiger partial charge in [-0.2, -0.15) is 0 Å². The summed E-state index contributed by atoms with van der Waals surface area (Å²) in [5.41, 5.74) is -0.0707. The van der Waals surface area contributed by atoms with Crippen LogP contribution in [0.4, 0.5) is 10.1 Å². The van der Waals surface area contributed by atoms with Crippen LogP contribution in [-0.2, 0) is 9.59 Å². The zero-order valence-corrected chi connectivity index (χ0v) is 11.9. The molecule has 21 heavy (non-hydrogen) atoms. The van der Waals surface area contributed by atoms with Crippen LogP contribution in [0.3, 0.4) is 0 Å². The third-order valence-electron chi connectivity index (χ3n) is 2.75. The SMILES string of the molecule is CC(=O)Nc1ccc(F)c(C(=O)NC(C(=O)O)C(C)C)c1. The second-order valence-electron chi connectivity index (χ2n) is 4.91. The molecule has 0 aromatic heterocycles. The number of carbonyl (C=O) groups is 3. The predicted molar refractivity (Wildman–Crippen MR) is 74.4 cm³/mol. The first kappa shape index (κ1) is 16.6. The van der Waals surface area contributed by atoms with Gasteiger partial charge in [-0.05, 0) is 24.1 Å². The Labute approximate surface area is 121 Å². The topological polar surface area (TPSA) is 95.5 Å². The van der Waals surface area contributed by atoms with Crippen LogP contribution in [-0.4, -0.2) is 28.9 Å². The molecule has 1 aromatic carbocycles. The number of carbonyl (C=O) groups excluding carboxylic acids is 2. The highest BCUT2D eigenvalue weighted by Crippen LogP contribution is 2.15. The Morgan fingerprint density at radius 3 is 2.33 bits per heavy atom. The summed E-state index contributed by atoms with van der Waals surface area (Å²) >= 11 is 0. The minimum atomic E-state index is -1.20. The van der Waals surface area contributed by atoms with E-state index in [1.165, 1.54) is 13.0 Å². The molecule has 0 fully saturated rings. The van der Waals surface area contributed by atoms with Crippen molar-refractivity contribution in [1.29, 1.82) is 0 Å². The molecule has 1 rings (SSSR count). The Kier molecular flexibility index (Phi) is 5.40. The van der Waals surface area contributed by atoms with Crippen molar-refractivity contribution in [3.05, 3.63) is 29.6 Å². The monoisotopic (exact) mass is 296 g/mol. The maximum Gasteiger partial charge on any atom is 0.326 e. The lowest BCUT2D eigenvalue weighted by molar-refractivity contribution is -0.140. The van der Waals surface area contributed by atoms with E-state index in [0.29, 0.717) is 0 Å². The first-order chi connectivity index (χ1) is 9.72. The Hall–Kier alpha value is -2.44. The molecule has 0 aliphatic carbocycles. The summed E-state index contributed by atoms with van der Waals surface area (Å²) in [5, 5.41) is 13.7. The van der Waals surface area contributed by atoms with Crippen molar-refractivity contribution in [3.8, 4) is 0 Å². The molecule has 1 atom stereocenters. The van der Waals surface area contributed by atoms with Crippen molar-refractivity contribution >= 4 is 23.5 Å². The Bertz CT molecular complexity index is 572. The Morgan fingerprint density at radius 1 is 1.24 bits per heavy atom. The molecule has 0 saturated carbocycles. The van der Waals surface area contributed by atoms with Crippen LogP contribution >= 0.6 is 0 Å². The molecule has 114 valence electrons. The van der Waals surface area contributed by atoms with Gasteiger partial charge in [0.1, 0.15) is 11.9 Å². The molecule has 6 nitrogen and oxygen atoms in total. The fourth-order valence-corrected chi connectivity index (χ4v) is 1.71. The highest BCUT2D eigenvalue weighted by molar-refractivity contribution is 5.98. The smallest absolute Gasteiger partial charge is 0.326 e. The number of carboxylic acid groups (broad SMARTS) is 1. The predicted octanol–water partition coefficient (Wildman–Crippen LogP) is 1.62. The normalized spacial score (nSPS) is 11.9. The molecule has 7 heteroatoms. The number of aliphatic carboxylic acids is 1. The molecule has 0 spiro atoms. The van der Waals surface area contributed by atoms with E-state index in [1.54, 1.807) is 13.8 Å². The van der Waals surface area contributed by atoms with E-state index in [-0.39, 0.29) is 23.1 Å². The quantitative estimate of drug-likeness (QED) is 0.769. The van der Waals surface area contributed by atoms with Gasteiger partial charge in [-0.1, -0.05) is 13.8 Å². The van der Waals surface area contributed by atoms with Crippen molar-refractivity contribution in [2.75, 3.05) is 5.32 Å². The molecule has 0 radical (unpaired) electrons. The Morgan fingerprint density at radius 2 is 1.86 bits per heavy atom. The molecule has 2 amide bonds. The van der Waals surface area contributed by atoms with Crippen LogP contribution in [0.15, 0.2) is 18.2 Å². The van der Waals surface area contributed by atoms with Crippen molar-refractivity contribution in [2.45, 2.75) is 26.8 Å². The number of nitrogens with one attached hydrogen (secondary N) is 2. The molecule has 0 saturated heterocycles. The van der Waals surface area contributed by atoms with Crippen LogP contribution in [0, 0.1) is 11.7 Å². The summed E-state index contributed by atoms with van der Waals surface area (Å²) in [4.78, 5) is 34.0. The third kappa shape index (κ3) is 4.55. The maximum absolute atomic E-state index is 13.7. The number of halogens is 1. The van der Waals surface area contributed by atoms with E-state index in [0.717, 1.165) is 12.1 Å². The van der Waals surface area contributed by atoms with Crippen LogP contribution in [0.25, 0.3) is 0 Å². The number of rotatable bonds is 5. The zero-order valence-electron chi connectivity index (χ0n) is 11.9. The van der Waals surface area contributed by atoms with Crippen molar-refractivity contribution in [3.63, 3.8) is 0 Å². The molecular formula is C14H17FN2O4. The second kappa shape index (κ2) is 6.83. The Balaban J connectivity index is 3.00. The lowest BCUT2D eigenvalue weighted by Crippen LogP contribution is -2.44. The van der Waals surface area contributed by atoms with Crippen molar-refractivity contribution < 1.29 is 23.9 Å². The van der Waals surface area contributed by atoms with Gasteiger partial charge < -0.3 is 15.7 Å². The summed E-state index contributed by atoms with van der Waals surface area (Å²) in [6.07, 6.45) is 0. The standard InChI is InChI=1S/C14H17FN2O4/c1-7(2)12(14(20)21)17-13(19)10-6-9(16-8(3)18)4-5-11(10)15/h4-7,12H,1-3H3,(H,16,18)(H,17,19)(H,20,21). The van der Waals surface area contributed by atoms with Crippen molar-refractivity contribution in [1.82, 2.24) is 5.32 Å². The molecule has 1 unspecified atom stereocenters. The largest absolute Gasteiger partial charge is 0.480 e. The second-order valence-corrected chi connectivity index (χ2v) is 4.91. The number of anilines is 1. The minimum Gasteiger partial charge on any atom is -0.480 e. The van der Waals surface area contributed by atoms with Crippen molar-refractivity contribution in [2.24, 2.45) is 5.92 Å². The summed E-state index contributed by atoms with van der Waals surface area (Å²) in [6, 6.07) is 2.38. The third-order valence-corrected chi connectivity index (χ3v) is 2.75. The van der Waals surface area contributed by atoms with Gasteiger partial charge in [0.15, 0.2) is 0 Å². The van der Waals surface area contributed by atoms with Gasteiger partial charge >= 0.3 is 5.97 Å². The van der Waals surface area contributed by atoms with E-state index < -0.39 is 23.7 Å². The molecule has 0 bridgehead atoms. The molecule has 3 N–H and O–H groups in total. The van der Waals surface area contributed by atoms with Gasteiger partial charge in [-0.25, -0.2) is 9.18 Å². The van der Waals surface area contributed by atoms with Gasteiger partial charge in [0, 0.05) is 12.6 Å². The molecule has 0 heterocycles. The van der Waals surface area contributed by atoms with Gasteiger partial charge in [0.25, 0.3) is 5.91 Å². The zero-order chi connectivity index (χ0) is 16.2. The number of hydrogen-bond acceptors (Lipinski definition) is 3. The van der Waals surface area contributed by atoms with Gasteiger partial charge in [0.2, 0.25) is 5.91 Å². The van der Waals surface area contributed by atoms with Gasteiger partial charge in [-0.3, -0.25) is 9.59 Å². The first-order valence-corrected chi connectivity index (χ1v) is 6.33. The van der Waals surface area contributed by atoms with E-state index in [9.17, 15) is 18.8 Å². The highest BCUT2D eigenvalue weighted by Gasteiger charge is 2.25. The molecule has 0 aliphatic rings. The van der Waals surface area contributed by atoms with Gasteiger partial charge in [0.05, 0.1) is 5.56 Å². The van der Waals surface area contributed by atoms with E-state index in [2.05, 4.69) is 10.6 Å². The average molecular weight is 296 g/mol. The van der Waals surface area contributed by atoms with E-state index in [4.69, 9.17) is 5.11 Å². The fraction of sp³-hybridized carbons (Fsp3) is 0.357. The summed E-state index contributed by atoms with van der Waals surface area (Å²) in [5.74, 6) is -3.56. The van der Waals surface area contributed by atoms with Crippen LogP contribution in [0.5, 0.6) is 0 Å². The first-order valence-electron chi connectivity index (χ1n) is 6.33. The molecule has 0 aliphatic heterocycles. The van der Waals surface area contributed by atoms with Crippen LogP contribution < -0.4 is 10.6 Å². The fourth-order valence-electron chi connectivity index (χ4n) is 1.71. The highest BCUT2D eigenvalue weighted by atomic mass is 19.1. The van der Waals surface area contributed by atoms with Gasteiger partial charge in [-0.15, -0.1) is 0 Å². The number of hydrogen-bond donors (Lipinski definition) is 3. The number of benzene rings is 1. The minimum absolute atomic E-state index is 0.255.